The van der Waals surface area contributed by atoms with Gasteiger partial charge < -0.3 is 52.0 Å². The van der Waals surface area contributed by atoms with E-state index in [0.29, 0.717) is 57.7 Å². The molecule has 0 atom stereocenters. The number of phenols is 2. The van der Waals surface area contributed by atoms with Crippen molar-refractivity contribution in [3.63, 3.8) is 0 Å². The van der Waals surface area contributed by atoms with Crippen molar-refractivity contribution in [1.82, 2.24) is 15.1 Å². The van der Waals surface area contributed by atoms with Gasteiger partial charge in [-0.2, -0.15) is 0 Å². The first-order chi connectivity index (χ1) is 28.7. The number of nitrogens with zero attached hydrogens (tertiary/aromatic N) is 3. The van der Waals surface area contributed by atoms with Crippen LogP contribution in [-0.2, 0) is 0 Å². The Labute approximate surface area is 355 Å². The predicted molar refractivity (Wildman–Crippen MR) is 233 cm³/mol. The van der Waals surface area contributed by atoms with Crippen molar-refractivity contribution >= 4 is 29.3 Å². The minimum Gasteiger partial charge on any atom is -0.507 e. The minimum atomic E-state index is -0.722. The fraction of sp³-hybridized carbons (Fsp3) is 0.622. The summed E-state index contributed by atoms with van der Waals surface area (Å²) in [6.07, 6.45) is 11.2. The van der Waals surface area contributed by atoms with E-state index in [1.165, 1.54) is 12.1 Å². The van der Waals surface area contributed by atoms with Gasteiger partial charge in [-0.15, -0.1) is 0 Å². The topological polar surface area (TPSA) is 236 Å². The van der Waals surface area contributed by atoms with Crippen LogP contribution in [-0.4, -0.2) is 116 Å². The molecule has 2 amide bonds. The lowest BCUT2D eigenvalue weighted by atomic mass is 9.81. The molecule has 2 saturated carbocycles. The van der Waals surface area contributed by atoms with E-state index < -0.39 is 11.8 Å². The Hall–Kier alpha value is -4.89. The number of rotatable bonds is 22. The number of unbranched alkanes of at least 4 members (excludes halogenated alkanes) is 4. The van der Waals surface area contributed by atoms with Crippen molar-refractivity contribution in [3.05, 3.63) is 46.5 Å². The Balaban J connectivity index is 1.35. The lowest BCUT2D eigenvalue weighted by Gasteiger charge is -2.29. The highest BCUT2D eigenvalue weighted by Crippen LogP contribution is 2.36. The summed E-state index contributed by atoms with van der Waals surface area (Å²) in [5.41, 5.74) is 17.3. The first kappa shape index (κ1) is 47.8. The molecule has 332 valence electrons. The number of hydrogen-bond acceptors (Lipinski definition) is 11. The fourth-order valence-electron chi connectivity index (χ4n) is 8.20. The largest absolute Gasteiger partial charge is 0.507 e. The molecule has 2 aromatic rings. The van der Waals surface area contributed by atoms with Crippen molar-refractivity contribution < 1.29 is 38.9 Å². The highest BCUT2D eigenvalue weighted by molar-refractivity contribution is 6.05. The number of ketones is 2. The number of nitrogens with two attached hydrogens (primary N) is 3. The Morgan fingerprint density at radius 1 is 0.650 bits per heavy atom. The summed E-state index contributed by atoms with van der Waals surface area (Å²) in [6.45, 7) is 1.87. The molecule has 0 radical (unpaired) electrons. The second kappa shape index (κ2) is 23.8. The quantitative estimate of drug-likeness (QED) is 0.0380. The third-order valence-electron chi connectivity index (χ3n) is 11.6. The van der Waals surface area contributed by atoms with Gasteiger partial charge in [0.1, 0.15) is 23.0 Å². The van der Waals surface area contributed by atoms with Crippen LogP contribution in [0, 0.1) is 11.8 Å². The summed E-state index contributed by atoms with van der Waals surface area (Å²) < 4.78 is 12.0. The number of hydrogen-bond donors (Lipinski definition) is 6. The van der Waals surface area contributed by atoms with Crippen LogP contribution >= 0.6 is 0 Å². The molecule has 9 N–H and O–H groups in total. The normalized spacial score (nSPS) is 18.9. The summed E-state index contributed by atoms with van der Waals surface area (Å²) in [5.74, 6) is -0.797. The van der Waals surface area contributed by atoms with E-state index in [4.69, 9.17) is 31.7 Å². The van der Waals surface area contributed by atoms with Crippen molar-refractivity contribution in [2.45, 2.75) is 115 Å². The number of primary amides is 1. The number of carbonyl (C=O) groups is 4. The molecule has 0 aliphatic heterocycles. The SMILES string of the molecule is CN(C)C(=NC1CCC(CC(=O)c2cc(C(=O)CC3CCC(NC(=O)c4cc(C(N)=O)c(OCCCCCN)cc4OCCCCCN)CC3)c(O)cc2O)CC1)N(C)C. The summed E-state index contributed by atoms with van der Waals surface area (Å²) in [4.78, 5) is 62.2. The zero-order valence-electron chi connectivity index (χ0n) is 36.2. The first-order valence-electron chi connectivity index (χ1n) is 21.7. The Kier molecular flexibility index (Phi) is 18.9. The van der Waals surface area contributed by atoms with Gasteiger partial charge in [0.05, 0.1) is 41.5 Å². The summed E-state index contributed by atoms with van der Waals surface area (Å²) in [6, 6.07) is 5.42. The molecule has 0 aromatic heterocycles. The molecule has 2 aliphatic carbocycles. The highest BCUT2D eigenvalue weighted by atomic mass is 16.5. The van der Waals surface area contributed by atoms with Crippen LogP contribution in [0.15, 0.2) is 29.3 Å². The number of carbonyl (C=O) groups excluding carboxylic acids is 4. The fourth-order valence-corrected chi connectivity index (χ4v) is 8.20. The van der Waals surface area contributed by atoms with Gasteiger partial charge in [-0.1, -0.05) is 0 Å². The molecule has 0 heterocycles. The van der Waals surface area contributed by atoms with Crippen LogP contribution in [0.1, 0.15) is 144 Å². The molecule has 0 saturated heterocycles. The maximum absolute atomic E-state index is 13.8. The molecule has 4 rings (SSSR count). The number of benzene rings is 2. The average molecular weight is 836 g/mol. The van der Waals surface area contributed by atoms with Crippen molar-refractivity contribution in [3.8, 4) is 23.0 Å². The molecule has 0 bridgehead atoms. The number of phenolic OH excluding ortho intramolecular Hbond substituents is 2. The van der Waals surface area contributed by atoms with E-state index in [-0.39, 0.29) is 87.8 Å². The van der Waals surface area contributed by atoms with E-state index in [9.17, 15) is 29.4 Å². The standard InChI is InChI=1S/C45H69N7O8/c1-51(2)45(52(3)4)50-32-17-13-30(14-18-32)24-38(54)34-25-33(39(55)27-40(34)56)37(53)23-29-11-15-31(16-12-29)49-44(58)36-26-35(43(48)57)41(59-21-9-5-7-19-46)28-42(36)60-22-10-6-8-20-47/h25-32,55-56H,5-24,46-47H2,1-4H3,(H2,48,57)(H,49,58). The van der Waals surface area contributed by atoms with E-state index in [0.717, 1.165) is 76.2 Å². The number of ether oxygens (including phenoxy) is 2. The Morgan fingerprint density at radius 3 is 1.58 bits per heavy atom. The number of aromatic hydroxyl groups is 2. The molecule has 0 spiro atoms. The maximum atomic E-state index is 13.8. The third kappa shape index (κ3) is 14.1. The zero-order valence-corrected chi connectivity index (χ0v) is 36.2. The van der Waals surface area contributed by atoms with Crippen LogP contribution in [0.25, 0.3) is 0 Å². The van der Waals surface area contributed by atoms with E-state index in [1.54, 1.807) is 6.07 Å². The highest BCUT2D eigenvalue weighted by Gasteiger charge is 2.30. The van der Waals surface area contributed by atoms with Crippen molar-refractivity contribution in [1.29, 1.82) is 0 Å². The van der Waals surface area contributed by atoms with Crippen LogP contribution in [0.3, 0.4) is 0 Å². The van der Waals surface area contributed by atoms with Gasteiger partial charge in [-0.25, -0.2) is 4.99 Å². The molecule has 15 heteroatoms. The Bertz CT molecular complexity index is 1770. The van der Waals surface area contributed by atoms with Crippen molar-refractivity contribution in [2.75, 3.05) is 54.5 Å². The lowest BCUT2D eigenvalue weighted by Crippen LogP contribution is -2.38. The average Bonchev–Trinajstić information content (AvgIpc) is 3.20. The summed E-state index contributed by atoms with van der Waals surface area (Å²) in [7, 11) is 7.87. The molecule has 2 aliphatic rings. The van der Waals surface area contributed by atoms with Gasteiger partial charge in [0.15, 0.2) is 17.5 Å². The van der Waals surface area contributed by atoms with Crippen LogP contribution in [0.5, 0.6) is 23.0 Å². The molecular formula is C45H69N7O8. The molecule has 2 fully saturated rings. The minimum absolute atomic E-state index is 0.00785. The second-order valence-electron chi connectivity index (χ2n) is 16.8. The van der Waals surface area contributed by atoms with Gasteiger partial charge in [0, 0.05) is 59.2 Å². The monoisotopic (exact) mass is 836 g/mol. The number of nitrogens with one attached hydrogen (secondary N) is 1. The predicted octanol–water partition coefficient (Wildman–Crippen LogP) is 5.38. The number of Topliss-reactive ketones (excluding diaryl/α,β-unsaturated/α-hetero) is 2. The van der Waals surface area contributed by atoms with Crippen LogP contribution in [0.4, 0.5) is 0 Å². The summed E-state index contributed by atoms with van der Waals surface area (Å²) >= 11 is 0. The van der Waals surface area contributed by atoms with Gasteiger partial charge in [0.25, 0.3) is 11.8 Å². The zero-order chi connectivity index (χ0) is 43.8. The van der Waals surface area contributed by atoms with Gasteiger partial charge in [0.2, 0.25) is 0 Å². The van der Waals surface area contributed by atoms with Crippen LogP contribution in [0.2, 0.25) is 0 Å². The van der Waals surface area contributed by atoms with Gasteiger partial charge >= 0.3 is 0 Å². The molecule has 0 unspecified atom stereocenters. The number of aliphatic imine (C=N–C) groups is 1. The molecular weight excluding hydrogens is 767 g/mol. The number of amides is 2. The van der Waals surface area contributed by atoms with Crippen molar-refractivity contribution in [2.24, 2.45) is 34.0 Å². The van der Waals surface area contributed by atoms with Crippen LogP contribution < -0.4 is 32.0 Å². The second-order valence-corrected chi connectivity index (χ2v) is 16.8. The van der Waals surface area contributed by atoms with Gasteiger partial charge in [-0.05, 0) is 127 Å². The first-order valence-corrected chi connectivity index (χ1v) is 21.7. The van der Waals surface area contributed by atoms with E-state index in [2.05, 4.69) is 5.32 Å². The maximum Gasteiger partial charge on any atom is 0.255 e. The van der Waals surface area contributed by atoms with E-state index in [1.807, 2.05) is 38.0 Å². The van der Waals surface area contributed by atoms with E-state index >= 15 is 0 Å². The summed E-state index contributed by atoms with van der Waals surface area (Å²) in [5, 5.41) is 24.4. The lowest BCUT2D eigenvalue weighted by molar-refractivity contribution is 0.0891. The Morgan fingerprint density at radius 2 is 1.12 bits per heavy atom. The smallest absolute Gasteiger partial charge is 0.255 e. The molecule has 15 nitrogen and oxygen atoms in total. The number of guanidine groups is 1. The third-order valence-corrected chi connectivity index (χ3v) is 11.6. The molecule has 2 aromatic carbocycles. The molecule has 60 heavy (non-hydrogen) atoms. The van der Waals surface area contributed by atoms with Gasteiger partial charge in [-0.3, -0.25) is 19.2 Å².